The first-order chi connectivity index (χ1) is 14.5. The molecule has 0 radical (unpaired) electrons. The van der Waals surface area contributed by atoms with Gasteiger partial charge in [-0.1, -0.05) is 35.1 Å². The number of fused-ring (bicyclic) bond motifs is 1. The summed E-state index contributed by atoms with van der Waals surface area (Å²) in [5, 5.41) is 4.16. The second kappa shape index (κ2) is 8.61. The Morgan fingerprint density at radius 3 is 2.53 bits per heavy atom. The molecule has 1 amide bonds. The molecule has 158 valence electrons. The molecule has 30 heavy (non-hydrogen) atoms. The maximum Gasteiger partial charge on any atom is 0.333 e. The van der Waals surface area contributed by atoms with Gasteiger partial charge in [0.15, 0.2) is 10.8 Å². The van der Waals surface area contributed by atoms with Crippen LogP contribution in [0.3, 0.4) is 0 Å². The Hall–Kier alpha value is -2.65. The predicted octanol–water partition coefficient (Wildman–Crippen LogP) is 2.21. The zero-order chi connectivity index (χ0) is 21.3. The Morgan fingerprint density at radius 2 is 1.87 bits per heavy atom. The van der Waals surface area contributed by atoms with Crippen LogP contribution in [0, 0.1) is 0 Å². The molecule has 2 aromatic heterocycles. The van der Waals surface area contributed by atoms with E-state index >= 15 is 0 Å². The van der Waals surface area contributed by atoms with Gasteiger partial charge in [-0.05, 0) is 37.5 Å². The number of amides is 1. The lowest BCUT2D eigenvalue weighted by molar-refractivity contribution is -0.121. The summed E-state index contributed by atoms with van der Waals surface area (Å²) in [6.07, 6.45) is 2.16. The Bertz CT molecular complexity index is 1190. The number of thiazole rings is 1. The lowest BCUT2D eigenvalue weighted by Crippen LogP contribution is -2.42. The van der Waals surface area contributed by atoms with Gasteiger partial charge in [-0.15, -0.1) is 0 Å². The standard InChI is InChI=1S/C20H22ClN5O3S/c1-2-25-18(28)16-17(23-19(30-16)24-9-3-4-10-24)26(20(25)29)12-15(27)22-11-13-5-7-14(21)8-6-13/h5-8H,2-4,9-12H2,1H3,(H,22,27). The molecular weight excluding hydrogens is 426 g/mol. The van der Waals surface area contributed by atoms with Gasteiger partial charge in [-0.2, -0.15) is 0 Å². The van der Waals surface area contributed by atoms with E-state index in [-0.39, 0.29) is 30.2 Å². The minimum Gasteiger partial charge on any atom is -0.350 e. The van der Waals surface area contributed by atoms with E-state index in [1.54, 1.807) is 19.1 Å². The number of nitrogens with one attached hydrogen (secondary N) is 1. The van der Waals surface area contributed by atoms with Crippen LogP contribution in [0.15, 0.2) is 33.9 Å². The molecule has 3 heterocycles. The van der Waals surface area contributed by atoms with Crippen LogP contribution < -0.4 is 21.5 Å². The van der Waals surface area contributed by atoms with Crippen molar-refractivity contribution in [1.29, 1.82) is 0 Å². The molecule has 0 bridgehead atoms. The van der Waals surface area contributed by atoms with Crippen molar-refractivity contribution in [1.82, 2.24) is 19.4 Å². The molecule has 0 atom stereocenters. The number of hydrogen-bond acceptors (Lipinski definition) is 6. The summed E-state index contributed by atoms with van der Waals surface area (Å²) < 4.78 is 2.86. The van der Waals surface area contributed by atoms with E-state index in [2.05, 4.69) is 15.2 Å². The maximum absolute atomic E-state index is 12.9. The number of nitrogens with zero attached hydrogens (tertiary/aromatic N) is 4. The summed E-state index contributed by atoms with van der Waals surface area (Å²) in [5.74, 6) is -0.328. The number of hydrogen-bond donors (Lipinski definition) is 1. The highest BCUT2D eigenvalue weighted by atomic mass is 35.5. The second-order valence-corrected chi connectivity index (χ2v) is 8.58. The van der Waals surface area contributed by atoms with Crippen molar-refractivity contribution < 1.29 is 4.79 Å². The lowest BCUT2D eigenvalue weighted by atomic mass is 10.2. The molecule has 0 spiro atoms. The third-order valence-corrected chi connectivity index (χ3v) is 6.50. The van der Waals surface area contributed by atoms with Crippen LogP contribution in [0.4, 0.5) is 5.13 Å². The molecule has 1 saturated heterocycles. The number of halogens is 1. The zero-order valence-corrected chi connectivity index (χ0v) is 18.1. The fraction of sp³-hybridized carbons (Fsp3) is 0.400. The quantitative estimate of drug-likeness (QED) is 0.625. The van der Waals surface area contributed by atoms with E-state index in [9.17, 15) is 14.4 Å². The fourth-order valence-electron chi connectivity index (χ4n) is 3.54. The van der Waals surface area contributed by atoms with Crippen molar-refractivity contribution in [3.05, 3.63) is 55.7 Å². The first kappa shape index (κ1) is 20.6. The van der Waals surface area contributed by atoms with Crippen LogP contribution in [0.25, 0.3) is 10.3 Å². The van der Waals surface area contributed by atoms with Gasteiger partial charge in [0.1, 0.15) is 11.2 Å². The monoisotopic (exact) mass is 447 g/mol. The van der Waals surface area contributed by atoms with Gasteiger partial charge in [-0.25, -0.2) is 9.78 Å². The normalized spacial score (nSPS) is 13.9. The van der Waals surface area contributed by atoms with Gasteiger partial charge in [0, 0.05) is 31.2 Å². The van der Waals surface area contributed by atoms with E-state index in [0.717, 1.165) is 41.2 Å². The van der Waals surface area contributed by atoms with Crippen molar-refractivity contribution >= 4 is 44.3 Å². The number of anilines is 1. The largest absolute Gasteiger partial charge is 0.350 e. The van der Waals surface area contributed by atoms with Gasteiger partial charge in [-0.3, -0.25) is 18.7 Å². The van der Waals surface area contributed by atoms with Crippen LogP contribution in [-0.4, -0.2) is 33.1 Å². The van der Waals surface area contributed by atoms with E-state index in [1.165, 1.54) is 15.9 Å². The van der Waals surface area contributed by atoms with E-state index in [0.29, 0.717) is 16.3 Å². The number of carbonyl (C=O) groups is 1. The molecule has 1 N–H and O–H groups in total. The SMILES string of the molecule is CCn1c(=O)c2sc(N3CCCC3)nc2n(CC(=O)NCc2ccc(Cl)cc2)c1=O. The summed E-state index contributed by atoms with van der Waals surface area (Å²) in [6, 6.07) is 7.16. The summed E-state index contributed by atoms with van der Waals surface area (Å²) in [6.45, 7) is 3.85. The van der Waals surface area contributed by atoms with Gasteiger partial charge >= 0.3 is 5.69 Å². The topological polar surface area (TPSA) is 89.2 Å². The summed E-state index contributed by atoms with van der Waals surface area (Å²) >= 11 is 7.17. The maximum atomic E-state index is 12.9. The van der Waals surface area contributed by atoms with E-state index < -0.39 is 5.69 Å². The van der Waals surface area contributed by atoms with Gasteiger partial charge in [0.25, 0.3) is 5.56 Å². The summed E-state index contributed by atoms with van der Waals surface area (Å²) in [5.41, 5.74) is 0.310. The van der Waals surface area contributed by atoms with Crippen LogP contribution in [0.2, 0.25) is 5.02 Å². The average Bonchev–Trinajstić information content (AvgIpc) is 3.41. The molecule has 1 aliphatic heterocycles. The Labute approximate surface area is 181 Å². The molecule has 0 aliphatic carbocycles. The lowest BCUT2D eigenvalue weighted by Gasteiger charge is -2.12. The molecule has 4 rings (SSSR count). The second-order valence-electron chi connectivity index (χ2n) is 7.16. The molecule has 3 aromatic rings. The molecule has 0 unspecified atom stereocenters. The third-order valence-electron chi connectivity index (χ3n) is 5.15. The molecule has 1 fully saturated rings. The first-order valence-electron chi connectivity index (χ1n) is 9.88. The van der Waals surface area contributed by atoms with E-state index in [4.69, 9.17) is 11.6 Å². The number of rotatable bonds is 6. The van der Waals surface area contributed by atoms with Gasteiger partial charge in [0.2, 0.25) is 5.91 Å². The fourth-order valence-corrected chi connectivity index (χ4v) is 4.73. The van der Waals surface area contributed by atoms with Gasteiger partial charge in [0.05, 0.1) is 0 Å². The Morgan fingerprint density at radius 1 is 1.17 bits per heavy atom. The molecule has 1 aromatic carbocycles. The minimum absolute atomic E-state index is 0.202. The van der Waals surface area contributed by atoms with Crippen molar-refractivity contribution in [3.63, 3.8) is 0 Å². The van der Waals surface area contributed by atoms with Crippen molar-refractivity contribution in [2.24, 2.45) is 0 Å². The Kier molecular flexibility index (Phi) is 5.92. The van der Waals surface area contributed by atoms with Crippen LogP contribution in [0.1, 0.15) is 25.3 Å². The van der Waals surface area contributed by atoms with Crippen LogP contribution >= 0.6 is 22.9 Å². The predicted molar refractivity (Wildman–Crippen MR) is 119 cm³/mol. The molecular formula is C20H22ClN5O3S. The number of carbonyl (C=O) groups excluding carboxylic acids is 1. The van der Waals surface area contributed by atoms with Crippen LogP contribution in [0.5, 0.6) is 0 Å². The highest BCUT2D eigenvalue weighted by Crippen LogP contribution is 2.28. The highest BCUT2D eigenvalue weighted by Gasteiger charge is 2.22. The van der Waals surface area contributed by atoms with Crippen molar-refractivity contribution in [2.45, 2.75) is 39.4 Å². The highest BCUT2D eigenvalue weighted by molar-refractivity contribution is 7.22. The zero-order valence-electron chi connectivity index (χ0n) is 16.6. The molecule has 0 saturated carbocycles. The third kappa shape index (κ3) is 3.99. The summed E-state index contributed by atoms with van der Waals surface area (Å²) in [4.78, 5) is 44.9. The van der Waals surface area contributed by atoms with Crippen molar-refractivity contribution in [2.75, 3.05) is 18.0 Å². The number of aromatic nitrogens is 3. The average molecular weight is 448 g/mol. The van der Waals surface area contributed by atoms with Crippen LogP contribution in [-0.2, 0) is 24.4 Å². The van der Waals surface area contributed by atoms with Gasteiger partial charge < -0.3 is 10.2 Å². The Balaban J connectivity index is 1.64. The smallest absolute Gasteiger partial charge is 0.333 e. The summed E-state index contributed by atoms with van der Waals surface area (Å²) in [7, 11) is 0. The van der Waals surface area contributed by atoms with E-state index in [1.807, 2.05) is 12.1 Å². The first-order valence-corrected chi connectivity index (χ1v) is 11.1. The molecule has 1 aliphatic rings. The number of benzene rings is 1. The minimum atomic E-state index is -0.519. The molecule has 8 nitrogen and oxygen atoms in total. The van der Waals surface area contributed by atoms with Crippen molar-refractivity contribution in [3.8, 4) is 0 Å². The molecule has 10 heteroatoms.